The van der Waals surface area contributed by atoms with Gasteiger partial charge < -0.3 is 35.8 Å². The number of hydrogen-bond donors (Lipinski definition) is 4. The van der Waals surface area contributed by atoms with Crippen LogP contribution < -0.4 is 16.4 Å². The molecule has 2 aromatic rings. The van der Waals surface area contributed by atoms with Crippen molar-refractivity contribution >= 4 is 47.0 Å². The highest BCUT2D eigenvalue weighted by atomic mass is 32.2. The van der Waals surface area contributed by atoms with Crippen molar-refractivity contribution in [1.82, 2.24) is 20.3 Å². The Morgan fingerprint density at radius 2 is 1.85 bits per heavy atom. The number of H-pyrrole nitrogens is 1. The minimum Gasteiger partial charge on any atom is -0.384 e. The van der Waals surface area contributed by atoms with Crippen molar-refractivity contribution in [2.45, 2.75) is 58.1 Å². The number of hydrogen-bond acceptors (Lipinski definition) is 10. The van der Waals surface area contributed by atoms with Gasteiger partial charge in [0.1, 0.15) is 5.82 Å². The number of likely N-dealkylation sites (N-methyl/N-ethyl adjacent to an activating group) is 1. The molecule has 1 fully saturated rings. The van der Waals surface area contributed by atoms with Crippen molar-refractivity contribution in [1.29, 1.82) is 0 Å². The van der Waals surface area contributed by atoms with Crippen molar-refractivity contribution in [2.24, 2.45) is 5.73 Å². The molecule has 0 spiro atoms. The minimum absolute atomic E-state index is 0.0214. The molecule has 2 aliphatic rings. The van der Waals surface area contributed by atoms with E-state index in [2.05, 4.69) is 43.9 Å². The minimum atomic E-state index is -0.643. The number of halogens is 1. The summed E-state index contributed by atoms with van der Waals surface area (Å²) in [7, 11) is 1.44. The Morgan fingerprint density at radius 3 is 2.47 bits per heavy atom. The lowest BCUT2D eigenvalue weighted by molar-refractivity contribution is -0.198. The number of nitrogens with two attached hydrogens (primary N) is 1. The smallest absolute Gasteiger partial charge is 0.335 e. The number of nitrogens with one attached hydrogen (secondary N) is 3. The van der Waals surface area contributed by atoms with Gasteiger partial charge in [0.2, 0.25) is 5.91 Å². The molecule has 1 aromatic heterocycles. The van der Waals surface area contributed by atoms with Crippen LogP contribution in [0.3, 0.4) is 0 Å². The second-order valence-corrected chi connectivity index (χ2v) is 12.3. The van der Waals surface area contributed by atoms with Crippen LogP contribution in [0, 0.1) is 19.7 Å². The normalized spacial score (nSPS) is 16.1. The summed E-state index contributed by atoms with van der Waals surface area (Å²) in [6.07, 6.45) is 0.236. The lowest BCUT2D eigenvalue weighted by atomic mass is 9.93. The Morgan fingerprint density at radius 1 is 1.17 bits per heavy atom. The van der Waals surface area contributed by atoms with Crippen LogP contribution in [0.5, 0.6) is 0 Å². The first-order chi connectivity index (χ1) is 22.5. The zero-order valence-corrected chi connectivity index (χ0v) is 28.4. The van der Waals surface area contributed by atoms with E-state index in [0.717, 1.165) is 36.6 Å². The van der Waals surface area contributed by atoms with Crippen molar-refractivity contribution in [3.05, 3.63) is 52.1 Å². The highest BCUT2D eigenvalue weighted by Crippen LogP contribution is 2.48. The molecule has 2 unspecified atom stereocenters. The molecule has 0 radical (unpaired) electrons. The van der Waals surface area contributed by atoms with Crippen LogP contribution >= 0.6 is 11.8 Å². The highest BCUT2D eigenvalue weighted by Gasteiger charge is 2.40. The monoisotopic (exact) mass is 676 g/mol. The van der Waals surface area contributed by atoms with Crippen molar-refractivity contribution < 1.29 is 37.9 Å². The summed E-state index contributed by atoms with van der Waals surface area (Å²) in [5.41, 5.74) is 9.98. The van der Waals surface area contributed by atoms with Gasteiger partial charge in [-0.3, -0.25) is 19.2 Å². The number of anilines is 1. The fourth-order valence-electron chi connectivity index (χ4n) is 5.44. The van der Waals surface area contributed by atoms with Crippen LogP contribution in [0.25, 0.3) is 0 Å². The van der Waals surface area contributed by atoms with Crippen LogP contribution in [0.15, 0.2) is 18.2 Å². The summed E-state index contributed by atoms with van der Waals surface area (Å²) in [4.78, 5) is 69.1. The number of carbonyl (C=O) groups is 5. The predicted molar refractivity (Wildman–Crippen MR) is 176 cm³/mol. The lowest BCUT2D eigenvalue weighted by Crippen LogP contribution is -2.35. The van der Waals surface area contributed by atoms with Crippen LogP contribution in [0.4, 0.5) is 10.1 Å². The standard InChI is InChI=1S/C24H34FN5O2S.C8H11NO5/c1-5-30(6-2)11-10-27-23(31)19-14(3)21(28-15(19)4)22(33-12-9-26)20-17-13-16(25)7-8-18(17)29-24(20)32;1-13-5-4-8(12)14-9-6(10)2-3-7(9)11/h7-8,13,20,22,28H,5-6,9-12,26H2,1-4H3,(H,27,31)(H,29,32);2-5H2,1H3. The Hall–Kier alpha value is -3.79. The average molecular weight is 677 g/mol. The number of benzene rings is 1. The number of hydroxylamine groups is 2. The number of rotatable bonds is 15. The molecule has 3 heterocycles. The molecule has 2 aliphatic heterocycles. The van der Waals surface area contributed by atoms with Gasteiger partial charge in [-0.1, -0.05) is 13.8 Å². The number of ether oxygens (including phenoxy) is 1. The highest BCUT2D eigenvalue weighted by molar-refractivity contribution is 7.99. The summed E-state index contributed by atoms with van der Waals surface area (Å²) < 4.78 is 18.7. The van der Waals surface area contributed by atoms with E-state index in [1.165, 1.54) is 19.2 Å². The van der Waals surface area contributed by atoms with Crippen LogP contribution in [0.2, 0.25) is 0 Å². The van der Waals surface area contributed by atoms with Crippen molar-refractivity contribution in [2.75, 3.05) is 57.5 Å². The molecule has 0 aliphatic carbocycles. The molecular weight excluding hydrogens is 631 g/mol. The molecule has 1 saturated heterocycles. The molecule has 258 valence electrons. The van der Waals surface area contributed by atoms with Gasteiger partial charge in [0.25, 0.3) is 17.7 Å². The van der Waals surface area contributed by atoms with Crippen molar-refractivity contribution in [3.8, 4) is 0 Å². The van der Waals surface area contributed by atoms with Crippen LogP contribution in [-0.4, -0.2) is 96.7 Å². The van der Waals surface area contributed by atoms with E-state index >= 15 is 0 Å². The topological polar surface area (TPSA) is 176 Å². The molecule has 4 rings (SSSR count). The van der Waals surface area contributed by atoms with E-state index in [1.54, 1.807) is 17.8 Å². The van der Waals surface area contributed by atoms with Gasteiger partial charge in [-0.05, 0) is 56.3 Å². The fraction of sp³-hybridized carbons (Fsp3) is 0.531. The summed E-state index contributed by atoms with van der Waals surface area (Å²) in [5.74, 6) is -2.24. The number of nitrogens with zero attached hydrogens (tertiary/aromatic N) is 2. The third kappa shape index (κ3) is 9.62. The summed E-state index contributed by atoms with van der Waals surface area (Å²) in [6, 6.07) is 4.35. The van der Waals surface area contributed by atoms with Gasteiger partial charge in [0.05, 0.1) is 29.8 Å². The second kappa shape index (κ2) is 17.9. The Bertz CT molecular complexity index is 1430. The number of imide groups is 1. The van der Waals surface area contributed by atoms with Gasteiger partial charge in [0.15, 0.2) is 0 Å². The van der Waals surface area contributed by atoms with Crippen LogP contribution in [0.1, 0.15) is 77.2 Å². The maximum atomic E-state index is 14.0. The van der Waals surface area contributed by atoms with Gasteiger partial charge in [-0.2, -0.15) is 0 Å². The van der Waals surface area contributed by atoms with Gasteiger partial charge in [0, 0.05) is 62.4 Å². The maximum absolute atomic E-state index is 14.0. The largest absolute Gasteiger partial charge is 0.384 e. The summed E-state index contributed by atoms with van der Waals surface area (Å²) in [5, 5.41) is 6.09. The zero-order chi connectivity index (χ0) is 34.7. The van der Waals surface area contributed by atoms with E-state index in [1.807, 2.05) is 13.8 Å². The third-order valence-electron chi connectivity index (χ3n) is 7.91. The number of carbonyl (C=O) groups excluding carboxylic acids is 5. The van der Waals surface area contributed by atoms with E-state index in [0.29, 0.717) is 40.7 Å². The number of fused-ring (bicyclic) bond motifs is 1. The molecule has 0 bridgehead atoms. The molecule has 4 amide bonds. The number of amides is 4. The molecule has 2 atom stereocenters. The first kappa shape index (κ1) is 37.7. The van der Waals surface area contributed by atoms with Gasteiger partial charge >= 0.3 is 5.97 Å². The number of aromatic amines is 1. The third-order valence-corrected chi connectivity index (χ3v) is 9.25. The lowest BCUT2D eigenvalue weighted by Gasteiger charge is -2.22. The van der Waals surface area contributed by atoms with E-state index in [9.17, 15) is 28.4 Å². The van der Waals surface area contributed by atoms with Crippen LogP contribution in [-0.2, 0) is 28.8 Å². The molecule has 13 nitrogen and oxygen atoms in total. The number of aromatic nitrogens is 1. The molecule has 1 aromatic carbocycles. The Labute approximate surface area is 278 Å². The molecular formula is C32H45FN6O7S. The van der Waals surface area contributed by atoms with E-state index in [-0.39, 0.29) is 48.8 Å². The van der Waals surface area contributed by atoms with E-state index in [4.69, 9.17) is 5.73 Å². The molecule has 0 saturated carbocycles. The fourth-order valence-corrected chi connectivity index (χ4v) is 6.70. The quantitative estimate of drug-likeness (QED) is 0.205. The first-order valence-electron chi connectivity index (χ1n) is 15.6. The number of methoxy groups -OCH3 is 1. The predicted octanol–water partition coefficient (Wildman–Crippen LogP) is 2.94. The Balaban J connectivity index is 0.000000358. The van der Waals surface area contributed by atoms with Gasteiger partial charge in [-0.15, -0.1) is 16.8 Å². The van der Waals surface area contributed by atoms with Gasteiger partial charge in [-0.25, -0.2) is 9.18 Å². The number of thioether (sulfide) groups is 1. The van der Waals surface area contributed by atoms with Crippen molar-refractivity contribution in [3.63, 3.8) is 0 Å². The molecule has 15 heteroatoms. The van der Waals surface area contributed by atoms with E-state index < -0.39 is 23.7 Å². The Kier molecular flexibility index (Phi) is 14.4. The summed E-state index contributed by atoms with van der Waals surface area (Å²) in [6.45, 7) is 11.8. The summed E-state index contributed by atoms with van der Waals surface area (Å²) >= 11 is 1.54. The first-order valence-corrected chi connectivity index (χ1v) is 16.7. The maximum Gasteiger partial charge on any atom is 0.335 e. The molecule has 5 N–H and O–H groups in total. The number of aryl methyl sites for hydroxylation is 1. The second-order valence-electron chi connectivity index (χ2n) is 11.0. The molecule has 47 heavy (non-hydrogen) atoms. The SMILES string of the molecule is CCN(CC)CCNC(=O)c1c(C)[nH]c(C(SCCN)C2C(=O)Nc3ccc(F)cc32)c1C.COCCC(=O)ON1C(=O)CCC1=O. The zero-order valence-electron chi connectivity index (χ0n) is 27.6. The average Bonchev–Trinajstić information content (AvgIpc) is 3.65.